The van der Waals surface area contributed by atoms with Gasteiger partial charge in [0, 0.05) is 32.2 Å². The van der Waals surface area contributed by atoms with Crippen molar-refractivity contribution in [1.29, 1.82) is 5.26 Å². The van der Waals surface area contributed by atoms with E-state index in [-0.39, 0.29) is 4.90 Å². The summed E-state index contributed by atoms with van der Waals surface area (Å²) in [4.78, 5) is 4.54. The van der Waals surface area contributed by atoms with E-state index in [0.29, 0.717) is 12.1 Å². The van der Waals surface area contributed by atoms with Crippen molar-refractivity contribution >= 4 is 26.6 Å². The summed E-state index contributed by atoms with van der Waals surface area (Å²) in [5.74, 6) is 0. The molecule has 0 spiro atoms. The van der Waals surface area contributed by atoms with Gasteiger partial charge in [-0.3, -0.25) is 4.98 Å². The van der Waals surface area contributed by atoms with E-state index >= 15 is 0 Å². The number of nitrogens with zero attached hydrogens (tertiary/aromatic N) is 3. The van der Waals surface area contributed by atoms with Crippen LogP contribution in [0.4, 0.5) is 5.69 Å². The average molecular weight is 366 g/mol. The predicted molar refractivity (Wildman–Crippen MR) is 101 cm³/mol. The van der Waals surface area contributed by atoms with Crippen LogP contribution in [0.3, 0.4) is 0 Å². The Kier molecular flexibility index (Phi) is 4.89. The van der Waals surface area contributed by atoms with Crippen molar-refractivity contribution in [1.82, 2.24) is 9.29 Å². The van der Waals surface area contributed by atoms with E-state index in [1.807, 2.05) is 24.3 Å². The number of aromatic nitrogens is 1. The van der Waals surface area contributed by atoms with Crippen LogP contribution in [-0.2, 0) is 16.6 Å². The van der Waals surface area contributed by atoms with Crippen LogP contribution in [0.5, 0.6) is 0 Å². The van der Waals surface area contributed by atoms with Crippen LogP contribution in [0.1, 0.15) is 11.1 Å². The molecule has 0 atom stereocenters. The number of rotatable bonds is 5. The third-order valence-electron chi connectivity index (χ3n) is 4.07. The Morgan fingerprint density at radius 1 is 1.12 bits per heavy atom. The molecule has 132 valence electrons. The highest BCUT2D eigenvalue weighted by Gasteiger charge is 2.16. The lowest BCUT2D eigenvalue weighted by Crippen LogP contribution is -2.22. The summed E-state index contributed by atoms with van der Waals surface area (Å²) in [5.41, 5.74) is 2.91. The minimum absolute atomic E-state index is 0.248. The second-order valence-electron chi connectivity index (χ2n) is 5.96. The molecular formula is C19H18N4O2S. The molecule has 0 amide bonds. The van der Waals surface area contributed by atoms with E-state index in [2.05, 4.69) is 16.4 Å². The van der Waals surface area contributed by atoms with Gasteiger partial charge in [-0.1, -0.05) is 30.3 Å². The molecule has 1 heterocycles. The van der Waals surface area contributed by atoms with Gasteiger partial charge in [-0.25, -0.2) is 12.7 Å². The molecule has 3 aromatic rings. The molecule has 0 saturated heterocycles. The highest BCUT2D eigenvalue weighted by Crippen LogP contribution is 2.26. The standard InChI is InChI=1S/C19H18N4O2S/c1-23(2)26(24,25)16-9-7-14(8-10-16)12-22-19-15(11-20)13-21-18-6-4-3-5-17(18)19/h3-10,13H,12H2,1-2H3,(H,21,22). The summed E-state index contributed by atoms with van der Waals surface area (Å²) in [5, 5.41) is 13.5. The lowest BCUT2D eigenvalue weighted by Gasteiger charge is -2.13. The van der Waals surface area contributed by atoms with Gasteiger partial charge in [-0.2, -0.15) is 5.26 Å². The first-order chi connectivity index (χ1) is 12.4. The molecule has 3 rings (SSSR count). The number of fused-ring (bicyclic) bond motifs is 1. The molecular weight excluding hydrogens is 348 g/mol. The van der Waals surface area contributed by atoms with Crippen LogP contribution in [-0.4, -0.2) is 31.8 Å². The molecule has 7 heteroatoms. The molecule has 0 unspecified atom stereocenters. The first-order valence-corrected chi connectivity index (χ1v) is 9.40. The number of anilines is 1. The zero-order valence-corrected chi connectivity index (χ0v) is 15.3. The van der Waals surface area contributed by atoms with Gasteiger partial charge in [0.1, 0.15) is 6.07 Å². The van der Waals surface area contributed by atoms with Crippen molar-refractivity contribution in [3.63, 3.8) is 0 Å². The Hall–Kier alpha value is -2.95. The summed E-state index contributed by atoms with van der Waals surface area (Å²) in [7, 11) is -0.433. The highest BCUT2D eigenvalue weighted by atomic mass is 32.2. The number of sulfonamides is 1. The van der Waals surface area contributed by atoms with E-state index in [4.69, 9.17) is 0 Å². The average Bonchev–Trinajstić information content (AvgIpc) is 2.66. The molecule has 0 aliphatic rings. The largest absolute Gasteiger partial charge is 0.379 e. The summed E-state index contributed by atoms with van der Waals surface area (Å²) >= 11 is 0. The van der Waals surface area contributed by atoms with Crippen LogP contribution in [0.2, 0.25) is 0 Å². The number of nitrogens with one attached hydrogen (secondary N) is 1. The second kappa shape index (κ2) is 7.12. The first kappa shape index (κ1) is 17.9. The molecule has 0 aliphatic carbocycles. The Morgan fingerprint density at radius 2 is 1.81 bits per heavy atom. The van der Waals surface area contributed by atoms with Gasteiger partial charge in [0.15, 0.2) is 0 Å². The fourth-order valence-electron chi connectivity index (χ4n) is 2.60. The molecule has 1 N–H and O–H groups in total. The summed E-state index contributed by atoms with van der Waals surface area (Å²) in [6.45, 7) is 0.463. The fraction of sp³-hybridized carbons (Fsp3) is 0.158. The Bertz CT molecular complexity index is 1080. The number of hydrogen-bond acceptors (Lipinski definition) is 5. The van der Waals surface area contributed by atoms with Crippen molar-refractivity contribution in [3.8, 4) is 6.07 Å². The van der Waals surface area contributed by atoms with Crippen LogP contribution >= 0.6 is 0 Å². The molecule has 2 aromatic carbocycles. The van der Waals surface area contributed by atoms with Gasteiger partial charge in [0.2, 0.25) is 10.0 Å². The van der Waals surface area contributed by atoms with E-state index in [0.717, 1.165) is 22.2 Å². The van der Waals surface area contributed by atoms with Crippen LogP contribution in [0.15, 0.2) is 59.6 Å². The summed E-state index contributed by atoms with van der Waals surface area (Å²) in [6.07, 6.45) is 1.55. The third-order valence-corrected chi connectivity index (χ3v) is 5.90. The Balaban J connectivity index is 1.86. The number of hydrogen-bond donors (Lipinski definition) is 1. The maximum atomic E-state index is 12.1. The zero-order chi connectivity index (χ0) is 18.7. The maximum absolute atomic E-state index is 12.1. The van der Waals surface area contributed by atoms with Crippen molar-refractivity contribution in [2.24, 2.45) is 0 Å². The SMILES string of the molecule is CN(C)S(=O)(=O)c1ccc(CNc2c(C#N)cnc3ccccc23)cc1. The van der Waals surface area contributed by atoms with Crippen LogP contribution in [0.25, 0.3) is 10.9 Å². The molecule has 0 saturated carbocycles. The van der Waals surface area contributed by atoms with Gasteiger partial charge in [0.05, 0.1) is 21.7 Å². The van der Waals surface area contributed by atoms with E-state index in [9.17, 15) is 13.7 Å². The van der Waals surface area contributed by atoms with Crippen LogP contribution in [0, 0.1) is 11.3 Å². The van der Waals surface area contributed by atoms with Crippen molar-refractivity contribution in [3.05, 3.63) is 65.9 Å². The lowest BCUT2D eigenvalue weighted by molar-refractivity contribution is 0.520. The molecule has 6 nitrogen and oxygen atoms in total. The molecule has 0 fully saturated rings. The number of benzene rings is 2. The zero-order valence-electron chi connectivity index (χ0n) is 14.5. The van der Waals surface area contributed by atoms with Gasteiger partial charge < -0.3 is 5.32 Å². The van der Waals surface area contributed by atoms with E-state index in [1.165, 1.54) is 18.4 Å². The minimum Gasteiger partial charge on any atom is -0.379 e. The van der Waals surface area contributed by atoms with Gasteiger partial charge in [0.25, 0.3) is 0 Å². The monoisotopic (exact) mass is 366 g/mol. The highest BCUT2D eigenvalue weighted by molar-refractivity contribution is 7.89. The fourth-order valence-corrected chi connectivity index (χ4v) is 3.50. The molecule has 26 heavy (non-hydrogen) atoms. The number of para-hydroxylation sites is 1. The normalized spacial score (nSPS) is 11.5. The Labute approximate surface area is 152 Å². The maximum Gasteiger partial charge on any atom is 0.242 e. The van der Waals surface area contributed by atoms with Crippen molar-refractivity contribution in [2.75, 3.05) is 19.4 Å². The van der Waals surface area contributed by atoms with E-state index in [1.54, 1.807) is 30.5 Å². The van der Waals surface area contributed by atoms with Gasteiger partial charge in [-0.15, -0.1) is 0 Å². The van der Waals surface area contributed by atoms with Gasteiger partial charge in [-0.05, 0) is 23.8 Å². The molecule has 0 bridgehead atoms. The van der Waals surface area contributed by atoms with Crippen LogP contribution < -0.4 is 5.32 Å². The van der Waals surface area contributed by atoms with E-state index < -0.39 is 10.0 Å². The smallest absolute Gasteiger partial charge is 0.242 e. The predicted octanol–water partition coefficient (Wildman–Crippen LogP) is 2.97. The minimum atomic E-state index is -3.44. The Morgan fingerprint density at radius 3 is 2.46 bits per heavy atom. The second-order valence-corrected chi connectivity index (χ2v) is 8.11. The lowest BCUT2D eigenvalue weighted by atomic mass is 10.1. The van der Waals surface area contributed by atoms with Crippen molar-refractivity contribution in [2.45, 2.75) is 11.4 Å². The third kappa shape index (κ3) is 3.38. The van der Waals surface area contributed by atoms with Gasteiger partial charge >= 0.3 is 0 Å². The number of pyridine rings is 1. The van der Waals surface area contributed by atoms with Crippen molar-refractivity contribution < 1.29 is 8.42 Å². The molecule has 1 aromatic heterocycles. The topological polar surface area (TPSA) is 86.1 Å². The first-order valence-electron chi connectivity index (χ1n) is 7.96. The molecule has 0 aliphatic heterocycles. The summed E-state index contributed by atoms with van der Waals surface area (Å²) in [6, 6.07) is 16.5. The quantitative estimate of drug-likeness (QED) is 0.750. The molecule has 0 radical (unpaired) electrons. The summed E-state index contributed by atoms with van der Waals surface area (Å²) < 4.78 is 25.4. The number of nitriles is 1.